The molecule has 0 fully saturated rings. The number of nitrogens with zero attached hydrogens (tertiary/aromatic N) is 2. The lowest BCUT2D eigenvalue weighted by Gasteiger charge is -2.17. The molecule has 150 valence electrons. The van der Waals surface area contributed by atoms with Gasteiger partial charge in [-0.15, -0.1) is 11.3 Å². The van der Waals surface area contributed by atoms with Gasteiger partial charge in [-0.25, -0.2) is 18.5 Å². The van der Waals surface area contributed by atoms with Crippen molar-refractivity contribution in [2.45, 2.75) is 32.1 Å². The largest absolute Gasteiger partial charge is 0.307 e. The number of benzene rings is 2. The van der Waals surface area contributed by atoms with Crippen molar-refractivity contribution < 1.29 is 13.2 Å². The van der Waals surface area contributed by atoms with E-state index in [0.29, 0.717) is 29.2 Å². The highest BCUT2D eigenvalue weighted by Crippen LogP contribution is 2.35. The molecule has 1 aliphatic rings. The zero-order valence-corrected chi connectivity index (χ0v) is 18.0. The molecule has 0 saturated heterocycles. The van der Waals surface area contributed by atoms with Gasteiger partial charge in [0.2, 0.25) is 10.0 Å². The summed E-state index contributed by atoms with van der Waals surface area (Å²) < 4.78 is 23.4. The maximum Gasteiger partial charge on any atom is 0.270 e. The number of amides is 1. The number of anilines is 1. The van der Waals surface area contributed by atoms with Crippen molar-refractivity contribution in [3.05, 3.63) is 63.7 Å². The summed E-state index contributed by atoms with van der Waals surface area (Å²) in [6.07, 6.45) is 0.674. The number of sulfonamides is 1. The van der Waals surface area contributed by atoms with Crippen molar-refractivity contribution >= 4 is 33.0 Å². The van der Waals surface area contributed by atoms with E-state index < -0.39 is 10.0 Å². The van der Waals surface area contributed by atoms with Crippen LogP contribution in [0.1, 0.15) is 32.1 Å². The summed E-state index contributed by atoms with van der Waals surface area (Å²) in [6.45, 7) is 6.40. The average molecular weight is 428 g/mol. The lowest BCUT2D eigenvalue weighted by Crippen LogP contribution is -2.29. The third-order valence-corrected chi connectivity index (χ3v) is 7.22. The monoisotopic (exact) mass is 427 g/mol. The second-order valence-electron chi connectivity index (χ2n) is 7.29. The van der Waals surface area contributed by atoms with Gasteiger partial charge in [0.05, 0.1) is 10.6 Å². The van der Waals surface area contributed by atoms with Gasteiger partial charge in [-0.3, -0.25) is 4.79 Å². The third kappa shape index (κ3) is 3.59. The number of hydrogen-bond donors (Lipinski definition) is 1. The molecular weight excluding hydrogens is 406 g/mol. The third-order valence-electron chi connectivity index (χ3n) is 5.13. The first-order valence-corrected chi connectivity index (χ1v) is 11.5. The van der Waals surface area contributed by atoms with E-state index >= 15 is 0 Å². The molecule has 6 nitrogen and oxygen atoms in total. The summed E-state index contributed by atoms with van der Waals surface area (Å²) in [7, 11) is -3.83. The second kappa shape index (κ2) is 7.05. The van der Waals surface area contributed by atoms with Crippen LogP contribution in [0.4, 0.5) is 5.69 Å². The predicted octanol–water partition coefficient (Wildman–Crippen LogP) is 3.59. The molecule has 0 spiro atoms. The van der Waals surface area contributed by atoms with Crippen molar-refractivity contribution in [3.8, 4) is 10.6 Å². The fourth-order valence-electron chi connectivity index (χ4n) is 3.63. The van der Waals surface area contributed by atoms with Gasteiger partial charge < -0.3 is 4.90 Å². The predicted molar refractivity (Wildman–Crippen MR) is 115 cm³/mol. The van der Waals surface area contributed by atoms with Crippen LogP contribution >= 0.6 is 11.3 Å². The number of thiazole rings is 1. The Labute approximate surface area is 174 Å². The van der Waals surface area contributed by atoms with E-state index in [2.05, 4.69) is 11.1 Å². The van der Waals surface area contributed by atoms with Crippen LogP contribution in [-0.2, 0) is 16.4 Å². The summed E-state index contributed by atoms with van der Waals surface area (Å²) in [6, 6.07) is 10.9. The van der Waals surface area contributed by atoms with Gasteiger partial charge in [-0.05, 0) is 50.5 Å². The van der Waals surface area contributed by atoms with E-state index in [1.165, 1.54) is 29.0 Å². The molecule has 0 aliphatic carbocycles. The van der Waals surface area contributed by atoms with Crippen LogP contribution in [0.15, 0.2) is 41.3 Å². The molecule has 0 radical (unpaired) electrons. The highest BCUT2D eigenvalue weighted by atomic mass is 32.2. The minimum absolute atomic E-state index is 0.00736. The summed E-state index contributed by atoms with van der Waals surface area (Å²) in [5.74, 6) is -0.165. The number of carbonyl (C=O) groups excluding carboxylic acids is 1. The number of nitrogens with two attached hydrogens (primary N) is 1. The zero-order chi connectivity index (χ0) is 20.9. The minimum atomic E-state index is -3.83. The van der Waals surface area contributed by atoms with Gasteiger partial charge in [0, 0.05) is 17.8 Å². The van der Waals surface area contributed by atoms with Crippen LogP contribution in [0, 0.1) is 20.8 Å². The van der Waals surface area contributed by atoms with Crippen molar-refractivity contribution in [2.75, 3.05) is 11.4 Å². The maximum absolute atomic E-state index is 13.3. The van der Waals surface area contributed by atoms with E-state index in [9.17, 15) is 13.2 Å². The maximum atomic E-state index is 13.3. The number of aryl methyl sites for hydroxylation is 3. The Morgan fingerprint density at radius 1 is 1.14 bits per heavy atom. The van der Waals surface area contributed by atoms with Crippen LogP contribution in [0.2, 0.25) is 0 Å². The quantitative estimate of drug-likeness (QED) is 0.691. The zero-order valence-electron chi connectivity index (χ0n) is 16.4. The van der Waals surface area contributed by atoms with E-state index in [1.54, 1.807) is 11.0 Å². The molecule has 2 aromatic carbocycles. The molecule has 1 aliphatic heterocycles. The van der Waals surface area contributed by atoms with E-state index in [4.69, 9.17) is 5.14 Å². The van der Waals surface area contributed by atoms with Crippen molar-refractivity contribution in [3.63, 3.8) is 0 Å². The van der Waals surface area contributed by atoms with Crippen LogP contribution < -0.4 is 10.0 Å². The Balaban J connectivity index is 1.72. The lowest BCUT2D eigenvalue weighted by molar-refractivity contribution is 0.0992. The van der Waals surface area contributed by atoms with Gasteiger partial charge in [-0.1, -0.05) is 29.8 Å². The molecule has 0 unspecified atom stereocenters. The number of aromatic nitrogens is 1. The van der Waals surface area contributed by atoms with Crippen LogP contribution in [-0.4, -0.2) is 25.9 Å². The molecule has 0 bridgehead atoms. The molecule has 0 atom stereocenters. The molecule has 2 N–H and O–H groups in total. The van der Waals surface area contributed by atoms with Crippen LogP contribution in [0.3, 0.4) is 0 Å². The highest BCUT2D eigenvalue weighted by molar-refractivity contribution is 7.89. The first-order valence-electron chi connectivity index (χ1n) is 9.18. The average Bonchev–Trinajstić information content (AvgIpc) is 3.23. The molecule has 2 heterocycles. The number of hydrogen-bond acceptors (Lipinski definition) is 5. The Hall–Kier alpha value is -2.55. The molecule has 29 heavy (non-hydrogen) atoms. The lowest BCUT2D eigenvalue weighted by atomic mass is 10.1. The normalized spacial score (nSPS) is 13.6. The fraction of sp³-hybridized carbons (Fsp3) is 0.238. The SMILES string of the molecule is Cc1ccc(-c2nc(C)c(C(=O)N3CCc4ccc(S(N)(=O)=O)cc43)s2)c(C)c1. The summed E-state index contributed by atoms with van der Waals surface area (Å²) in [5, 5.41) is 6.07. The van der Waals surface area contributed by atoms with Gasteiger partial charge in [-0.2, -0.15) is 0 Å². The first kappa shape index (κ1) is 19.8. The molecule has 0 saturated carbocycles. The molecule has 4 rings (SSSR count). The second-order valence-corrected chi connectivity index (χ2v) is 9.85. The van der Waals surface area contributed by atoms with E-state index in [-0.39, 0.29) is 10.8 Å². The minimum Gasteiger partial charge on any atom is -0.307 e. The Kier molecular flexibility index (Phi) is 4.80. The van der Waals surface area contributed by atoms with Crippen molar-refractivity contribution in [1.82, 2.24) is 4.98 Å². The van der Waals surface area contributed by atoms with Gasteiger partial charge >= 0.3 is 0 Å². The number of carbonyl (C=O) groups is 1. The Morgan fingerprint density at radius 2 is 1.90 bits per heavy atom. The fourth-order valence-corrected chi connectivity index (χ4v) is 5.27. The summed E-state index contributed by atoms with van der Waals surface area (Å²) in [4.78, 5) is 20.1. The van der Waals surface area contributed by atoms with Crippen molar-refractivity contribution in [1.29, 1.82) is 0 Å². The first-order chi connectivity index (χ1) is 13.6. The summed E-state index contributed by atoms with van der Waals surface area (Å²) in [5.41, 5.74) is 5.51. The Bertz CT molecular complexity index is 1250. The van der Waals surface area contributed by atoms with Gasteiger partial charge in [0.1, 0.15) is 9.88 Å². The molecule has 1 aromatic heterocycles. The van der Waals surface area contributed by atoms with E-state index in [1.807, 2.05) is 32.9 Å². The molecule has 3 aromatic rings. The van der Waals surface area contributed by atoms with Gasteiger partial charge in [0.25, 0.3) is 5.91 Å². The smallest absolute Gasteiger partial charge is 0.270 e. The molecular formula is C21H21N3O3S2. The molecule has 8 heteroatoms. The summed E-state index contributed by atoms with van der Waals surface area (Å²) >= 11 is 1.37. The number of rotatable bonds is 3. The number of primary sulfonamides is 1. The van der Waals surface area contributed by atoms with Crippen LogP contribution in [0.25, 0.3) is 10.6 Å². The number of fused-ring (bicyclic) bond motifs is 1. The Morgan fingerprint density at radius 3 is 2.59 bits per heavy atom. The highest BCUT2D eigenvalue weighted by Gasteiger charge is 2.29. The van der Waals surface area contributed by atoms with Gasteiger partial charge in [0.15, 0.2) is 0 Å². The molecule has 1 amide bonds. The standard InChI is InChI=1S/C21H21N3O3S2/c1-12-4-7-17(13(2)10-12)20-23-14(3)19(28-20)21(25)24-9-8-15-5-6-16(11-18(15)24)29(22,26)27/h4-7,10-11H,8-9H2,1-3H3,(H2,22,26,27). The van der Waals surface area contributed by atoms with Crippen LogP contribution in [0.5, 0.6) is 0 Å². The van der Waals surface area contributed by atoms with E-state index in [0.717, 1.165) is 21.7 Å². The topological polar surface area (TPSA) is 93.4 Å². The van der Waals surface area contributed by atoms with Crippen molar-refractivity contribution in [2.24, 2.45) is 5.14 Å².